The molecular formula is C18H23FN2O2. The van der Waals surface area contributed by atoms with E-state index >= 15 is 0 Å². The quantitative estimate of drug-likeness (QED) is 0.819. The number of benzene rings is 1. The monoisotopic (exact) mass is 318 g/mol. The summed E-state index contributed by atoms with van der Waals surface area (Å²) in [6, 6.07) is 6.37. The van der Waals surface area contributed by atoms with Gasteiger partial charge in [-0.3, -0.25) is 9.59 Å². The zero-order chi connectivity index (χ0) is 16.7. The van der Waals surface area contributed by atoms with E-state index in [9.17, 15) is 14.0 Å². The molecule has 0 spiro atoms. The zero-order valence-electron chi connectivity index (χ0n) is 13.3. The van der Waals surface area contributed by atoms with E-state index in [1.54, 1.807) is 17.0 Å². The van der Waals surface area contributed by atoms with Crippen molar-refractivity contribution in [3.63, 3.8) is 0 Å². The number of amides is 2. The molecule has 0 aromatic heterocycles. The molecule has 5 heteroatoms. The third-order valence-corrected chi connectivity index (χ3v) is 4.06. The number of aryl methyl sites for hydroxylation is 1. The number of carbonyl (C=O) groups is 2. The Labute approximate surface area is 136 Å². The van der Waals surface area contributed by atoms with E-state index in [4.69, 9.17) is 0 Å². The number of likely N-dealkylation sites (tertiary alicyclic amines) is 1. The number of nitrogens with one attached hydrogen (secondary N) is 1. The molecule has 1 aromatic carbocycles. The number of halogens is 1. The fraction of sp³-hybridized carbons (Fsp3) is 0.444. The molecule has 0 saturated carbocycles. The van der Waals surface area contributed by atoms with E-state index in [0.717, 1.165) is 37.8 Å². The van der Waals surface area contributed by atoms with Gasteiger partial charge in [0, 0.05) is 25.6 Å². The van der Waals surface area contributed by atoms with Gasteiger partial charge in [0.1, 0.15) is 5.82 Å². The van der Waals surface area contributed by atoms with Crippen molar-refractivity contribution in [2.24, 2.45) is 0 Å². The van der Waals surface area contributed by atoms with E-state index in [1.807, 2.05) is 0 Å². The minimum Gasteiger partial charge on any atom is -0.352 e. The second kappa shape index (κ2) is 8.46. The van der Waals surface area contributed by atoms with Crippen LogP contribution in [-0.4, -0.2) is 35.8 Å². The Bertz CT molecular complexity index is 557. The van der Waals surface area contributed by atoms with Gasteiger partial charge in [-0.1, -0.05) is 18.7 Å². The number of rotatable bonds is 6. The maximum Gasteiger partial charge on any atom is 0.246 e. The molecule has 1 fully saturated rings. The van der Waals surface area contributed by atoms with Crippen molar-refractivity contribution in [2.75, 3.05) is 13.1 Å². The number of nitrogens with zero attached hydrogens (tertiary/aromatic N) is 1. The molecule has 0 unspecified atom stereocenters. The van der Waals surface area contributed by atoms with Crippen LogP contribution in [0.25, 0.3) is 0 Å². The third kappa shape index (κ3) is 5.51. The van der Waals surface area contributed by atoms with Gasteiger partial charge in [-0.15, -0.1) is 0 Å². The second-order valence-corrected chi connectivity index (χ2v) is 5.88. The largest absolute Gasteiger partial charge is 0.352 e. The number of piperidine rings is 1. The summed E-state index contributed by atoms with van der Waals surface area (Å²) in [6.07, 6.45) is 5.00. The normalized spacial score (nSPS) is 17.6. The summed E-state index contributed by atoms with van der Waals surface area (Å²) in [7, 11) is 0. The van der Waals surface area contributed by atoms with Gasteiger partial charge in [0.25, 0.3) is 0 Å². The summed E-state index contributed by atoms with van der Waals surface area (Å²) < 4.78 is 12.8. The summed E-state index contributed by atoms with van der Waals surface area (Å²) in [6.45, 7) is 4.77. The van der Waals surface area contributed by atoms with Crippen LogP contribution in [0.15, 0.2) is 36.9 Å². The molecule has 1 N–H and O–H groups in total. The van der Waals surface area contributed by atoms with E-state index in [1.165, 1.54) is 18.2 Å². The van der Waals surface area contributed by atoms with Crippen molar-refractivity contribution < 1.29 is 14.0 Å². The van der Waals surface area contributed by atoms with Gasteiger partial charge >= 0.3 is 0 Å². The van der Waals surface area contributed by atoms with Crippen molar-refractivity contribution in [3.05, 3.63) is 48.3 Å². The first kappa shape index (κ1) is 17.2. The highest BCUT2D eigenvalue weighted by molar-refractivity contribution is 5.87. The van der Waals surface area contributed by atoms with Crippen LogP contribution in [0.4, 0.5) is 4.39 Å². The predicted molar refractivity (Wildman–Crippen MR) is 87.3 cm³/mol. The first-order chi connectivity index (χ1) is 11.1. The first-order valence-corrected chi connectivity index (χ1v) is 8.03. The summed E-state index contributed by atoms with van der Waals surface area (Å²) in [4.78, 5) is 25.3. The Hall–Kier alpha value is -2.17. The van der Waals surface area contributed by atoms with Crippen LogP contribution >= 0.6 is 0 Å². The summed E-state index contributed by atoms with van der Waals surface area (Å²) >= 11 is 0. The lowest BCUT2D eigenvalue weighted by Gasteiger charge is -2.32. The lowest BCUT2D eigenvalue weighted by Crippen LogP contribution is -2.49. The number of carbonyl (C=O) groups excluding carboxylic acids is 2. The lowest BCUT2D eigenvalue weighted by atomic mass is 10.0. The molecule has 1 aromatic rings. The van der Waals surface area contributed by atoms with Crippen LogP contribution in [0.5, 0.6) is 0 Å². The average Bonchev–Trinajstić information content (AvgIpc) is 2.56. The van der Waals surface area contributed by atoms with Crippen molar-refractivity contribution in [1.82, 2.24) is 10.2 Å². The van der Waals surface area contributed by atoms with Crippen molar-refractivity contribution in [1.29, 1.82) is 0 Å². The van der Waals surface area contributed by atoms with Gasteiger partial charge in [-0.05, 0) is 49.5 Å². The number of hydrogen-bond acceptors (Lipinski definition) is 2. The predicted octanol–water partition coefficient (Wildman–Crippen LogP) is 2.44. The molecular weight excluding hydrogens is 295 g/mol. The fourth-order valence-corrected chi connectivity index (χ4v) is 2.83. The topological polar surface area (TPSA) is 49.4 Å². The maximum absolute atomic E-state index is 12.8. The average molecular weight is 318 g/mol. The van der Waals surface area contributed by atoms with E-state index < -0.39 is 0 Å². The molecule has 2 amide bonds. The van der Waals surface area contributed by atoms with Gasteiger partial charge in [0.15, 0.2) is 0 Å². The van der Waals surface area contributed by atoms with Gasteiger partial charge in [0.05, 0.1) is 0 Å². The smallest absolute Gasteiger partial charge is 0.246 e. The van der Waals surface area contributed by atoms with Crippen molar-refractivity contribution in [3.8, 4) is 0 Å². The van der Waals surface area contributed by atoms with E-state index in [2.05, 4.69) is 11.9 Å². The molecule has 1 aliphatic heterocycles. The lowest BCUT2D eigenvalue weighted by molar-refractivity contribution is -0.129. The van der Waals surface area contributed by atoms with Crippen LogP contribution in [0.1, 0.15) is 31.2 Å². The standard InChI is InChI=1S/C18H23FN2O2/c1-2-18(23)21-12-4-6-16(13-21)20-17(22)7-3-5-14-8-10-15(19)11-9-14/h2,8-11,16H,1,3-7,12-13H2,(H,20,22)/t16-/m0/s1. The first-order valence-electron chi connectivity index (χ1n) is 8.03. The molecule has 1 heterocycles. The molecule has 0 radical (unpaired) electrons. The molecule has 23 heavy (non-hydrogen) atoms. The highest BCUT2D eigenvalue weighted by Crippen LogP contribution is 2.11. The van der Waals surface area contributed by atoms with Crippen LogP contribution in [0, 0.1) is 5.82 Å². The Morgan fingerprint density at radius 2 is 2.09 bits per heavy atom. The molecule has 1 aliphatic rings. The van der Waals surface area contributed by atoms with Gasteiger partial charge in [-0.2, -0.15) is 0 Å². The van der Waals surface area contributed by atoms with Crippen molar-refractivity contribution in [2.45, 2.75) is 38.1 Å². The van der Waals surface area contributed by atoms with Crippen LogP contribution in [0.3, 0.4) is 0 Å². The molecule has 4 nitrogen and oxygen atoms in total. The Balaban J connectivity index is 1.70. The second-order valence-electron chi connectivity index (χ2n) is 5.88. The summed E-state index contributed by atoms with van der Waals surface area (Å²) in [5.74, 6) is -0.326. The highest BCUT2D eigenvalue weighted by Gasteiger charge is 2.23. The SMILES string of the molecule is C=CC(=O)N1CCC[C@H](NC(=O)CCCc2ccc(F)cc2)C1. The van der Waals surface area contributed by atoms with Crippen LogP contribution in [-0.2, 0) is 16.0 Å². The Morgan fingerprint density at radius 3 is 2.78 bits per heavy atom. The maximum atomic E-state index is 12.8. The fourth-order valence-electron chi connectivity index (χ4n) is 2.83. The van der Waals surface area contributed by atoms with Gasteiger partial charge < -0.3 is 10.2 Å². The highest BCUT2D eigenvalue weighted by atomic mass is 19.1. The minimum atomic E-state index is -0.248. The summed E-state index contributed by atoms with van der Waals surface area (Å²) in [5.41, 5.74) is 1.03. The molecule has 0 bridgehead atoms. The Morgan fingerprint density at radius 1 is 1.35 bits per heavy atom. The molecule has 2 rings (SSSR count). The molecule has 124 valence electrons. The summed E-state index contributed by atoms with van der Waals surface area (Å²) in [5, 5.41) is 3.00. The molecule has 1 atom stereocenters. The van der Waals surface area contributed by atoms with Gasteiger partial charge in [0.2, 0.25) is 11.8 Å². The zero-order valence-corrected chi connectivity index (χ0v) is 13.3. The Kier molecular flexibility index (Phi) is 6.32. The molecule has 1 saturated heterocycles. The molecule has 0 aliphatic carbocycles. The van der Waals surface area contributed by atoms with E-state index in [-0.39, 0.29) is 23.7 Å². The number of hydrogen-bond donors (Lipinski definition) is 1. The third-order valence-electron chi connectivity index (χ3n) is 4.06. The minimum absolute atomic E-state index is 0.00464. The van der Waals surface area contributed by atoms with E-state index in [0.29, 0.717) is 13.0 Å². The van der Waals surface area contributed by atoms with Crippen LogP contribution < -0.4 is 5.32 Å². The van der Waals surface area contributed by atoms with Gasteiger partial charge in [-0.25, -0.2) is 4.39 Å². The van der Waals surface area contributed by atoms with Crippen LogP contribution in [0.2, 0.25) is 0 Å². The van der Waals surface area contributed by atoms with Crippen molar-refractivity contribution >= 4 is 11.8 Å².